The molecule has 1 N–H and O–H groups in total. The van der Waals surface area contributed by atoms with E-state index < -0.39 is 0 Å². The normalized spacial score (nSPS) is 21.9. The van der Waals surface area contributed by atoms with Gasteiger partial charge in [0.05, 0.1) is 25.8 Å². The van der Waals surface area contributed by atoms with Crippen LogP contribution < -0.4 is 5.32 Å². The molecule has 2 heterocycles. The second-order valence-electron chi connectivity index (χ2n) is 4.53. The average molecular weight is 238 g/mol. The average Bonchev–Trinajstić information content (AvgIpc) is 2.77. The molecular weight excluding hydrogens is 216 g/mol. The minimum atomic E-state index is 0.385. The Kier molecular flexibility index (Phi) is 4.59. The molecule has 1 unspecified atom stereocenters. The standard InChI is InChI=1S/C13H22N2O2/c1-3-11-9-15(6-7-16-11)10-13-5-4-12(17-13)8-14-2/h4-5,11,14H,3,6-10H2,1-2H3. The van der Waals surface area contributed by atoms with E-state index in [0.29, 0.717) is 6.10 Å². The van der Waals surface area contributed by atoms with Crippen molar-refractivity contribution in [1.82, 2.24) is 10.2 Å². The highest BCUT2D eigenvalue weighted by Gasteiger charge is 2.19. The lowest BCUT2D eigenvalue weighted by atomic mass is 10.2. The minimum Gasteiger partial charge on any atom is -0.463 e. The van der Waals surface area contributed by atoms with Crippen LogP contribution in [0.2, 0.25) is 0 Å². The smallest absolute Gasteiger partial charge is 0.118 e. The molecule has 4 heteroatoms. The molecule has 17 heavy (non-hydrogen) atoms. The van der Waals surface area contributed by atoms with E-state index in [4.69, 9.17) is 9.15 Å². The summed E-state index contributed by atoms with van der Waals surface area (Å²) < 4.78 is 11.4. The van der Waals surface area contributed by atoms with Gasteiger partial charge in [-0.15, -0.1) is 0 Å². The van der Waals surface area contributed by atoms with Gasteiger partial charge in [0.2, 0.25) is 0 Å². The van der Waals surface area contributed by atoms with Crippen molar-refractivity contribution in [3.63, 3.8) is 0 Å². The van der Waals surface area contributed by atoms with E-state index in [0.717, 1.165) is 50.7 Å². The lowest BCUT2D eigenvalue weighted by Gasteiger charge is -2.31. The van der Waals surface area contributed by atoms with Gasteiger partial charge in [0.1, 0.15) is 11.5 Å². The summed E-state index contributed by atoms with van der Waals surface area (Å²) in [6, 6.07) is 4.12. The zero-order valence-corrected chi connectivity index (χ0v) is 10.7. The quantitative estimate of drug-likeness (QED) is 0.845. The van der Waals surface area contributed by atoms with Gasteiger partial charge in [0.15, 0.2) is 0 Å². The van der Waals surface area contributed by atoms with Crippen LogP contribution in [-0.4, -0.2) is 37.7 Å². The first-order chi connectivity index (χ1) is 8.31. The van der Waals surface area contributed by atoms with Crippen LogP contribution in [0.1, 0.15) is 24.9 Å². The second kappa shape index (κ2) is 6.19. The molecule has 0 bridgehead atoms. The summed E-state index contributed by atoms with van der Waals surface area (Å²) in [7, 11) is 1.93. The van der Waals surface area contributed by atoms with E-state index in [1.807, 2.05) is 13.1 Å². The molecule has 1 aromatic rings. The highest BCUT2D eigenvalue weighted by Crippen LogP contribution is 2.14. The molecule has 0 saturated carbocycles. The van der Waals surface area contributed by atoms with Crippen LogP contribution >= 0.6 is 0 Å². The van der Waals surface area contributed by atoms with Crippen molar-refractivity contribution in [3.05, 3.63) is 23.7 Å². The second-order valence-corrected chi connectivity index (χ2v) is 4.53. The Bertz CT molecular complexity index is 338. The Morgan fingerprint density at radius 3 is 3.00 bits per heavy atom. The van der Waals surface area contributed by atoms with Gasteiger partial charge in [-0.3, -0.25) is 4.90 Å². The topological polar surface area (TPSA) is 37.6 Å². The largest absolute Gasteiger partial charge is 0.463 e. The van der Waals surface area contributed by atoms with E-state index in [9.17, 15) is 0 Å². The van der Waals surface area contributed by atoms with Crippen molar-refractivity contribution in [2.45, 2.75) is 32.5 Å². The number of furan rings is 1. The minimum absolute atomic E-state index is 0.385. The van der Waals surface area contributed by atoms with E-state index in [1.54, 1.807) is 0 Å². The van der Waals surface area contributed by atoms with Crippen LogP contribution in [0.25, 0.3) is 0 Å². The maximum atomic E-state index is 5.75. The van der Waals surface area contributed by atoms with Crippen molar-refractivity contribution in [2.24, 2.45) is 0 Å². The summed E-state index contributed by atoms with van der Waals surface area (Å²) in [6.07, 6.45) is 1.47. The molecule has 1 aromatic heterocycles. The number of morpholine rings is 1. The van der Waals surface area contributed by atoms with Gasteiger partial charge in [-0.05, 0) is 25.6 Å². The first-order valence-electron chi connectivity index (χ1n) is 6.38. The van der Waals surface area contributed by atoms with Gasteiger partial charge in [0.25, 0.3) is 0 Å². The predicted octanol–water partition coefficient (Wildman–Crippen LogP) is 1.61. The molecule has 1 atom stereocenters. The molecule has 1 aliphatic rings. The molecule has 1 fully saturated rings. The number of nitrogens with zero attached hydrogens (tertiary/aromatic N) is 1. The molecule has 0 radical (unpaired) electrons. The van der Waals surface area contributed by atoms with E-state index in [2.05, 4.69) is 23.2 Å². The summed E-state index contributed by atoms with van der Waals surface area (Å²) in [6.45, 7) is 6.70. The molecule has 0 aliphatic carbocycles. The Morgan fingerprint density at radius 2 is 2.24 bits per heavy atom. The van der Waals surface area contributed by atoms with Crippen molar-refractivity contribution in [1.29, 1.82) is 0 Å². The lowest BCUT2D eigenvalue weighted by Crippen LogP contribution is -2.41. The molecule has 96 valence electrons. The van der Waals surface area contributed by atoms with Crippen LogP contribution in [-0.2, 0) is 17.8 Å². The summed E-state index contributed by atoms with van der Waals surface area (Å²) >= 11 is 0. The zero-order valence-electron chi connectivity index (χ0n) is 10.7. The van der Waals surface area contributed by atoms with Gasteiger partial charge < -0.3 is 14.5 Å². The number of ether oxygens (including phenoxy) is 1. The molecule has 2 rings (SSSR count). The SMILES string of the molecule is CCC1CN(Cc2ccc(CNC)o2)CCO1. The van der Waals surface area contributed by atoms with Crippen LogP contribution in [0.5, 0.6) is 0 Å². The van der Waals surface area contributed by atoms with Gasteiger partial charge in [-0.25, -0.2) is 0 Å². The zero-order chi connectivity index (χ0) is 12.1. The number of nitrogens with one attached hydrogen (secondary N) is 1. The third kappa shape index (κ3) is 3.56. The van der Waals surface area contributed by atoms with Crippen LogP contribution in [0.15, 0.2) is 16.5 Å². The Labute approximate surface area is 103 Å². The summed E-state index contributed by atoms with van der Waals surface area (Å²) in [5.74, 6) is 2.05. The van der Waals surface area contributed by atoms with E-state index >= 15 is 0 Å². The summed E-state index contributed by atoms with van der Waals surface area (Å²) in [4.78, 5) is 2.40. The van der Waals surface area contributed by atoms with Crippen molar-refractivity contribution < 1.29 is 9.15 Å². The van der Waals surface area contributed by atoms with Gasteiger partial charge in [-0.2, -0.15) is 0 Å². The Balaban J connectivity index is 1.86. The Hall–Kier alpha value is -0.840. The highest BCUT2D eigenvalue weighted by atomic mass is 16.5. The van der Waals surface area contributed by atoms with E-state index in [-0.39, 0.29) is 0 Å². The number of hydrogen-bond donors (Lipinski definition) is 1. The number of hydrogen-bond acceptors (Lipinski definition) is 4. The molecule has 0 aromatic carbocycles. The highest BCUT2D eigenvalue weighted by molar-refractivity contribution is 5.07. The van der Waals surface area contributed by atoms with Gasteiger partial charge >= 0.3 is 0 Å². The molecule has 0 amide bonds. The van der Waals surface area contributed by atoms with Crippen molar-refractivity contribution >= 4 is 0 Å². The number of rotatable bonds is 5. The fourth-order valence-corrected chi connectivity index (χ4v) is 2.17. The molecule has 4 nitrogen and oxygen atoms in total. The fraction of sp³-hybridized carbons (Fsp3) is 0.692. The lowest BCUT2D eigenvalue weighted by molar-refractivity contribution is -0.0342. The molecular formula is C13H22N2O2. The molecule has 1 saturated heterocycles. The summed E-state index contributed by atoms with van der Waals surface area (Å²) in [5, 5.41) is 3.09. The first kappa shape index (κ1) is 12.6. The van der Waals surface area contributed by atoms with Crippen molar-refractivity contribution in [3.8, 4) is 0 Å². The first-order valence-corrected chi connectivity index (χ1v) is 6.38. The maximum absolute atomic E-state index is 5.75. The monoisotopic (exact) mass is 238 g/mol. The van der Waals surface area contributed by atoms with Crippen LogP contribution in [0.4, 0.5) is 0 Å². The van der Waals surface area contributed by atoms with Gasteiger partial charge in [-0.1, -0.05) is 6.92 Å². The summed E-state index contributed by atoms with van der Waals surface area (Å²) in [5.41, 5.74) is 0. The fourth-order valence-electron chi connectivity index (χ4n) is 2.17. The maximum Gasteiger partial charge on any atom is 0.118 e. The van der Waals surface area contributed by atoms with Gasteiger partial charge in [0, 0.05) is 13.1 Å². The predicted molar refractivity (Wildman–Crippen MR) is 66.8 cm³/mol. The third-order valence-corrected chi connectivity index (χ3v) is 3.13. The third-order valence-electron chi connectivity index (χ3n) is 3.13. The van der Waals surface area contributed by atoms with Crippen LogP contribution in [0, 0.1) is 0 Å². The molecule has 1 aliphatic heterocycles. The van der Waals surface area contributed by atoms with E-state index in [1.165, 1.54) is 0 Å². The van der Waals surface area contributed by atoms with Crippen molar-refractivity contribution in [2.75, 3.05) is 26.7 Å². The molecule has 0 spiro atoms. The van der Waals surface area contributed by atoms with Crippen LogP contribution in [0.3, 0.4) is 0 Å². The Morgan fingerprint density at radius 1 is 1.41 bits per heavy atom.